The van der Waals surface area contributed by atoms with Crippen LogP contribution in [0.1, 0.15) is 21.5 Å². The van der Waals surface area contributed by atoms with E-state index in [2.05, 4.69) is 0 Å². The maximum atomic E-state index is 12.5. The quantitative estimate of drug-likeness (QED) is 0.725. The summed E-state index contributed by atoms with van der Waals surface area (Å²) in [5.41, 5.74) is 2.31. The molecule has 26 heavy (non-hydrogen) atoms. The molecule has 0 fully saturated rings. The van der Waals surface area contributed by atoms with E-state index in [9.17, 15) is 9.90 Å². The highest BCUT2D eigenvalue weighted by molar-refractivity contribution is 5.94. The van der Waals surface area contributed by atoms with Crippen LogP contribution in [0.15, 0.2) is 78.9 Å². The molecule has 132 valence electrons. The number of carbonyl (C=O) groups is 1. The Balaban J connectivity index is 1.63. The maximum Gasteiger partial charge on any atom is 0.253 e. The fourth-order valence-electron chi connectivity index (χ4n) is 2.66. The molecule has 3 aromatic carbocycles. The predicted octanol–water partition coefficient (Wildman–Crippen LogP) is 4.24. The second-order valence-electron chi connectivity index (χ2n) is 6.08. The molecule has 4 nitrogen and oxygen atoms in total. The molecule has 3 aromatic rings. The van der Waals surface area contributed by atoms with E-state index in [-0.39, 0.29) is 12.5 Å². The van der Waals surface area contributed by atoms with E-state index in [0.29, 0.717) is 12.1 Å². The summed E-state index contributed by atoms with van der Waals surface area (Å²) in [6.45, 7) is 0.418. The minimum Gasteiger partial charge on any atom is -0.457 e. The molecule has 0 saturated heterocycles. The molecule has 0 atom stereocenters. The molecule has 0 spiro atoms. The van der Waals surface area contributed by atoms with Crippen LogP contribution in [0.25, 0.3) is 0 Å². The van der Waals surface area contributed by atoms with Crippen molar-refractivity contribution >= 4 is 5.91 Å². The largest absolute Gasteiger partial charge is 0.457 e. The SMILES string of the molecule is CN(Cc1ccc(Oc2ccccc2)cc1)C(=O)c1cccc(CO)c1. The summed E-state index contributed by atoms with van der Waals surface area (Å²) in [5, 5.41) is 9.21. The summed E-state index contributed by atoms with van der Waals surface area (Å²) in [4.78, 5) is 14.2. The van der Waals surface area contributed by atoms with Crippen LogP contribution in [0.2, 0.25) is 0 Å². The fourth-order valence-corrected chi connectivity index (χ4v) is 2.66. The Bertz CT molecular complexity index is 860. The van der Waals surface area contributed by atoms with Crippen molar-refractivity contribution in [2.45, 2.75) is 13.2 Å². The Kier molecular flexibility index (Phi) is 5.66. The number of rotatable bonds is 6. The number of para-hydroxylation sites is 1. The fraction of sp³-hybridized carbons (Fsp3) is 0.136. The van der Waals surface area contributed by atoms with Crippen LogP contribution < -0.4 is 4.74 Å². The molecule has 3 rings (SSSR count). The van der Waals surface area contributed by atoms with Gasteiger partial charge in [0.05, 0.1) is 6.61 Å². The van der Waals surface area contributed by atoms with Gasteiger partial charge in [0.15, 0.2) is 0 Å². The maximum absolute atomic E-state index is 12.5. The first-order valence-electron chi connectivity index (χ1n) is 8.43. The number of hydrogen-bond donors (Lipinski definition) is 1. The van der Waals surface area contributed by atoms with Crippen LogP contribution in [0, 0.1) is 0 Å². The minimum absolute atomic E-state index is 0.0757. The normalized spacial score (nSPS) is 10.4. The summed E-state index contributed by atoms with van der Waals surface area (Å²) >= 11 is 0. The van der Waals surface area contributed by atoms with Gasteiger partial charge in [0, 0.05) is 19.2 Å². The van der Waals surface area contributed by atoms with Crippen LogP contribution in [0.3, 0.4) is 0 Å². The van der Waals surface area contributed by atoms with Gasteiger partial charge in [-0.15, -0.1) is 0 Å². The lowest BCUT2D eigenvalue weighted by Crippen LogP contribution is -2.26. The predicted molar refractivity (Wildman–Crippen MR) is 101 cm³/mol. The smallest absolute Gasteiger partial charge is 0.253 e. The number of carbonyl (C=O) groups excluding carboxylic acids is 1. The number of hydrogen-bond acceptors (Lipinski definition) is 3. The third kappa shape index (κ3) is 4.49. The number of nitrogens with zero attached hydrogens (tertiary/aromatic N) is 1. The van der Waals surface area contributed by atoms with Gasteiger partial charge in [-0.25, -0.2) is 0 Å². The number of aliphatic hydroxyl groups is 1. The lowest BCUT2D eigenvalue weighted by Gasteiger charge is -2.18. The molecule has 0 saturated carbocycles. The van der Waals surface area contributed by atoms with Crippen LogP contribution in [0.5, 0.6) is 11.5 Å². The number of benzene rings is 3. The highest BCUT2D eigenvalue weighted by Crippen LogP contribution is 2.21. The van der Waals surface area contributed by atoms with Gasteiger partial charge in [-0.1, -0.05) is 42.5 Å². The second-order valence-corrected chi connectivity index (χ2v) is 6.08. The molecule has 0 unspecified atom stereocenters. The Hall–Kier alpha value is -3.11. The summed E-state index contributed by atoms with van der Waals surface area (Å²) in [6.07, 6.45) is 0. The van der Waals surface area contributed by atoms with Gasteiger partial charge in [0.25, 0.3) is 5.91 Å². The van der Waals surface area contributed by atoms with Gasteiger partial charge in [0.2, 0.25) is 0 Å². The number of aliphatic hydroxyl groups excluding tert-OH is 1. The zero-order chi connectivity index (χ0) is 18.4. The summed E-state index contributed by atoms with van der Waals surface area (Å²) < 4.78 is 5.78. The van der Waals surface area contributed by atoms with E-state index in [1.807, 2.05) is 54.6 Å². The first kappa shape index (κ1) is 17.7. The molecule has 0 radical (unpaired) electrons. The highest BCUT2D eigenvalue weighted by atomic mass is 16.5. The second kappa shape index (κ2) is 8.32. The molecular weight excluding hydrogens is 326 g/mol. The third-order valence-electron chi connectivity index (χ3n) is 4.03. The van der Waals surface area contributed by atoms with Gasteiger partial charge in [-0.05, 0) is 47.5 Å². The molecule has 0 heterocycles. The van der Waals surface area contributed by atoms with E-state index >= 15 is 0 Å². The summed E-state index contributed by atoms with van der Waals surface area (Å²) in [7, 11) is 1.77. The third-order valence-corrected chi connectivity index (χ3v) is 4.03. The average Bonchev–Trinajstić information content (AvgIpc) is 2.69. The van der Waals surface area contributed by atoms with E-state index < -0.39 is 0 Å². The van der Waals surface area contributed by atoms with Crippen molar-refractivity contribution < 1.29 is 14.6 Å². The van der Waals surface area contributed by atoms with Crippen molar-refractivity contribution in [2.75, 3.05) is 7.05 Å². The van der Waals surface area contributed by atoms with Gasteiger partial charge in [0.1, 0.15) is 11.5 Å². The van der Waals surface area contributed by atoms with Crippen LogP contribution in [-0.2, 0) is 13.2 Å². The Morgan fingerprint density at radius 3 is 2.27 bits per heavy atom. The molecule has 0 aromatic heterocycles. The van der Waals surface area contributed by atoms with E-state index in [0.717, 1.165) is 22.6 Å². The Labute approximate surface area is 153 Å². The Morgan fingerprint density at radius 2 is 1.58 bits per heavy atom. The van der Waals surface area contributed by atoms with Crippen LogP contribution >= 0.6 is 0 Å². The molecule has 1 N–H and O–H groups in total. The molecule has 0 aliphatic rings. The van der Waals surface area contributed by atoms with Crippen molar-refractivity contribution in [3.8, 4) is 11.5 Å². The van der Waals surface area contributed by atoms with Crippen molar-refractivity contribution in [3.63, 3.8) is 0 Å². The first-order valence-corrected chi connectivity index (χ1v) is 8.43. The van der Waals surface area contributed by atoms with Crippen molar-refractivity contribution in [2.24, 2.45) is 0 Å². The van der Waals surface area contributed by atoms with E-state index in [4.69, 9.17) is 4.74 Å². The lowest BCUT2D eigenvalue weighted by molar-refractivity contribution is 0.0785. The number of ether oxygens (including phenoxy) is 1. The lowest BCUT2D eigenvalue weighted by atomic mass is 10.1. The number of amides is 1. The monoisotopic (exact) mass is 347 g/mol. The van der Waals surface area contributed by atoms with E-state index in [1.54, 1.807) is 36.2 Å². The molecule has 1 amide bonds. The standard InChI is InChI=1S/C22H21NO3/c1-23(22(25)19-7-5-6-18(14-19)16-24)15-17-10-12-21(13-11-17)26-20-8-3-2-4-9-20/h2-14,24H,15-16H2,1H3. The Morgan fingerprint density at radius 1 is 0.885 bits per heavy atom. The first-order chi connectivity index (χ1) is 12.7. The van der Waals surface area contributed by atoms with E-state index in [1.165, 1.54) is 0 Å². The van der Waals surface area contributed by atoms with Crippen molar-refractivity contribution in [1.29, 1.82) is 0 Å². The summed E-state index contributed by atoms with van der Waals surface area (Å²) in [6, 6.07) is 24.3. The molecule has 0 aliphatic heterocycles. The molecular formula is C22H21NO3. The van der Waals surface area contributed by atoms with Gasteiger partial charge in [-0.2, -0.15) is 0 Å². The molecule has 0 aliphatic carbocycles. The van der Waals surface area contributed by atoms with Crippen LogP contribution in [0.4, 0.5) is 0 Å². The topological polar surface area (TPSA) is 49.8 Å². The molecule has 4 heteroatoms. The zero-order valence-corrected chi connectivity index (χ0v) is 14.6. The van der Waals surface area contributed by atoms with Gasteiger partial charge in [-0.3, -0.25) is 4.79 Å². The molecule has 0 bridgehead atoms. The summed E-state index contributed by atoms with van der Waals surface area (Å²) in [5.74, 6) is 1.46. The minimum atomic E-state index is -0.0788. The highest BCUT2D eigenvalue weighted by Gasteiger charge is 2.12. The van der Waals surface area contributed by atoms with Crippen molar-refractivity contribution in [3.05, 3.63) is 95.6 Å². The van der Waals surface area contributed by atoms with Crippen molar-refractivity contribution in [1.82, 2.24) is 4.90 Å². The van der Waals surface area contributed by atoms with Gasteiger partial charge >= 0.3 is 0 Å². The van der Waals surface area contributed by atoms with Gasteiger partial charge < -0.3 is 14.7 Å². The zero-order valence-electron chi connectivity index (χ0n) is 14.6. The van der Waals surface area contributed by atoms with Crippen LogP contribution in [-0.4, -0.2) is 23.0 Å². The average molecular weight is 347 g/mol.